The van der Waals surface area contributed by atoms with E-state index in [2.05, 4.69) is 24.1 Å². The first-order valence-electron chi connectivity index (χ1n) is 3.98. The van der Waals surface area contributed by atoms with Crippen LogP contribution in [0.3, 0.4) is 0 Å². The Balaban J connectivity index is 2.86. The molecule has 12 heavy (non-hydrogen) atoms. The van der Waals surface area contributed by atoms with Crippen LogP contribution in [-0.2, 0) is 0 Å². The second kappa shape index (κ2) is 3.76. The van der Waals surface area contributed by atoms with Gasteiger partial charge in [-0.3, -0.25) is 0 Å². The van der Waals surface area contributed by atoms with Crippen LogP contribution in [-0.4, -0.2) is 11.0 Å². The summed E-state index contributed by atoms with van der Waals surface area (Å²) < 4.78 is 0. The quantitative estimate of drug-likeness (QED) is 0.715. The third kappa shape index (κ3) is 2.38. The van der Waals surface area contributed by atoms with Gasteiger partial charge in [0.1, 0.15) is 5.15 Å². The van der Waals surface area contributed by atoms with Gasteiger partial charge in [0.15, 0.2) is 0 Å². The summed E-state index contributed by atoms with van der Waals surface area (Å²) in [6.45, 7) is 6.19. The van der Waals surface area contributed by atoms with E-state index in [-0.39, 0.29) is 0 Å². The fraction of sp³-hybridized carbons (Fsp3) is 0.444. The molecule has 0 radical (unpaired) electrons. The normalized spacial score (nSPS) is 10.4. The van der Waals surface area contributed by atoms with Crippen LogP contribution in [0.25, 0.3) is 0 Å². The van der Waals surface area contributed by atoms with E-state index in [9.17, 15) is 0 Å². The van der Waals surface area contributed by atoms with Gasteiger partial charge >= 0.3 is 0 Å². The molecule has 66 valence electrons. The van der Waals surface area contributed by atoms with Crippen molar-refractivity contribution in [2.24, 2.45) is 0 Å². The van der Waals surface area contributed by atoms with E-state index in [1.165, 1.54) is 0 Å². The largest absolute Gasteiger partial charge is 0.381 e. The average Bonchev–Trinajstić information content (AvgIpc) is 1.94. The minimum absolute atomic E-state index is 0.423. The van der Waals surface area contributed by atoms with Crippen molar-refractivity contribution in [3.63, 3.8) is 0 Å². The second-order valence-electron chi connectivity index (χ2n) is 3.12. The van der Waals surface area contributed by atoms with Crippen LogP contribution in [0.2, 0.25) is 5.15 Å². The molecular formula is C9H13ClN2. The van der Waals surface area contributed by atoms with Gasteiger partial charge in [-0.25, -0.2) is 4.98 Å². The van der Waals surface area contributed by atoms with Crippen LogP contribution >= 0.6 is 11.6 Å². The fourth-order valence-corrected chi connectivity index (χ4v) is 1.20. The van der Waals surface area contributed by atoms with Crippen molar-refractivity contribution in [3.8, 4) is 0 Å². The monoisotopic (exact) mass is 184 g/mol. The Morgan fingerprint density at radius 3 is 2.67 bits per heavy atom. The minimum Gasteiger partial charge on any atom is -0.381 e. The summed E-state index contributed by atoms with van der Waals surface area (Å²) in [5, 5.41) is 3.82. The highest BCUT2D eigenvalue weighted by atomic mass is 35.5. The van der Waals surface area contributed by atoms with Gasteiger partial charge in [-0.05, 0) is 32.4 Å². The van der Waals surface area contributed by atoms with E-state index >= 15 is 0 Å². The molecule has 0 amide bonds. The number of halogens is 1. The smallest absolute Gasteiger partial charge is 0.129 e. The van der Waals surface area contributed by atoms with Gasteiger partial charge in [0.2, 0.25) is 0 Å². The van der Waals surface area contributed by atoms with Crippen LogP contribution in [0.1, 0.15) is 19.4 Å². The molecule has 0 aliphatic heterocycles. The van der Waals surface area contributed by atoms with Crippen molar-refractivity contribution in [1.29, 1.82) is 0 Å². The highest BCUT2D eigenvalue weighted by molar-refractivity contribution is 6.29. The van der Waals surface area contributed by atoms with Crippen LogP contribution in [0.5, 0.6) is 0 Å². The van der Waals surface area contributed by atoms with E-state index in [0.717, 1.165) is 11.3 Å². The van der Waals surface area contributed by atoms with Gasteiger partial charge in [0.25, 0.3) is 0 Å². The lowest BCUT2D eigenvalue weighted by atomic mass is 10.2. The zero-order chi connectivity index (χ0) is 9.14. The molecule has 1 N–H and O–H groups in total. The number of nitrogens with zero attached hydrogens (tertiary/aromatic N) is 1. The molecule has 1 rings (SSSR count). The van der Waals surface area contributed by atoms with E-state index < -0.39 is 0 Å². The molecule has 1 heterocycles. The lowest BCUT2D eigenvalue weighted by molar-refractivity contribution is 0.895. The number of rotatable bonds is 2. The molecule has 0 saturated carbocycles. The van der Waals surface area contributed by atoms with E-state index in [1.54, 1.807) is 6.20 Å². The van der Waals surface area contributed by atoms with Crippen molar-refractivity contribution in [2.45, 2.75) is 26.8 Å². The van der Waals surface area contributed by atoms with Crippen molar-refractivity contribution in [3.05, 3.63) is 23.0 Å². The topological polar surface area (TPSA) is 24.9 Å². The second-order valence-corrected chi connectivity index (χ2v) is 3.51. The zero-order valence-corrected chi connectivity index (χ0v) is 8.31. The minimum atomic E-state index is 0.423. The fourth-order valence-electron chi connectivity index (χ4n) is 0.984. The molecular weight excluding hydrogens is 172 g/mol. The van der Waals surface area contributed by atoms with Gasteiger partial charge in [-0.15, -0.1) is 0 Å². The molecule has 1 aromatic rings. The third-order valence-corrected chi connectivity index (χ3v) is 1.73. The van der Waals surface area contributed by atoms with Crippen LogP contribution in [0.4, 0.5) is 5.69 Å². The van der Waals surface area contributed by atoms with E-state index in [1.807, 2.05) is 13.0 Å². The van der Waals surface area contributed by atoms with E-state index in [0.29, 0.717) is 11.2 Å². The lowest BCUT2D eigenvalue weighted by Crippen LogP contribution is -2.10. The Morgan fingerprint density at radius 2 is 2.17 bits per heavy atom. The number of nitrogens with one attached hydrogen (secondary N) is 1. The van der Waals surface area contributed by atoms with Gasteiger partial charge < -0.3 is 5.32 Å². The van der Waals surface area contributed by atoms with Gasteiger partial charge in [0, 0.05) is 6.04 Å². The summed E-state index contributed by atoms with van der Waals surface area (Å²) in [7, 11) is 0. The third-order valence-electron chi connectivity index (χ3n) is 1.52. The zero-order valence-electron chi connectivity index (χ0n) is 7.56. The van der Waals surface area contributed by atoms with Crippen molar-refractivity contribution < 1.29 is 0 Å². The Bertz CT molecular complexity index is 271. The molecule has 0 atom stereocenters. The predicted octanol–water partition coefficient (Wildman–Crippen LogP) is 2.86. The standard InChI is InChI=1S/C9H13ClN2/c1-6(2)12-8-5-11-9(10)4-7(8)3/h4-6,12H,1-3H3. The molecule has 3 heteroatoms. The molecule has 2 nitrogen and oxygen atoms in total. The molecule has 0 fully saturated rings. The summed E-state index contributed by atoms with van der Waals surface area (Å²) in [5.41, 5.74) is 2.18. The summed E-state index contributed by atoms with van der Waals surface area (Å²) in [6, 6.07) is 2.28. The maximum Gasteiger partial charge on any atom is 0.129 e. The maximum atomic E-state index is 5.71. The SMILES string of the molecule is Cc1cc(Cl)ncc1NC(C)C. The molecule has 0 unspecified atom stereocenters. The van der Waals surface area contributed by atoms with Crippen LogP contribution in [0.15, 0.2) is 12.3 Å². The molecule has 0 spiro atoms. The summed E-state index contributed by atoms with van der Waals surface area (Å²) >= 11 is 5.71. The number of aromatic nitrogens is 1. The molecule has 0 aromatic carbocycles. The maximum absolute atomic E-state index is 5.71. The molecule has 0 aliphatic carbocycles. The van der Waals surface area contributed by atoms with Gasteiger partial charge in [-0.1, -0.05) is 11.6 Å². The summed E-state index contributed by atoms with van der Waals surface area (Å²) in [4.78, 5) is 4.00. The molecule has 1 aromatic heterocycles. The lowest BCUT2D eigenvalue weighted by Gasteiger charge is -2.11. The molecule has 0 bridgehead atoms. The van der Waals surface area contributed by atoms with Crippen LogP contribution in [0, 0.1) is 6.92 Å². The number of hydrogen-bond acceptors (Lipinski definition) is 2. The van der Waals surface area contributed by atoms with E-state index in [4.69, 9.17) is 11.6 Å². The Morgan fingerprint density at radius 1 is 1.50 bits per heavy atom. The first-order valence-corrected chi connectivity index (χ1v) is 4.36. The number of pyridine rings is 1. The van der Waals surface area contributed by atoms with Gasteiger partial charge in [-0.2, -0.15) is 0 Å². The van der Waals surface area contributed by atoms with Crippen LogP contribution < -0.4 is 5.32 Å². The Kier molecular flexibility index (Phi) is 2.93. The highest BCUT2D eigenvalue weighted by Crippen LogP contribution is 2.17. The number of anilines is 1. The average molecular weight is 185 g/mol. The Hall–Kier alpha value is -0.760. The number of hydrogen-bond donors (Lipinski definition) is 1. The highest BCUT2D eigenvalue weighted by Gasteiger charge is 2.00. The summed E-state index contributed by atoms with van der Waals surface area (Å²) in [6.07, 6.45) is 1.76. The molecule has 0 aliphatic rings. The Labute approximate surface area is 78.0 Å². The number of aryl methyl sites for hydroxylation is 1. The summed E-state index contributed by atoms with van der Waals surface area (Å²) in [5.74, 6) is 0. The first kappa shape index (κ1) is 9.33. The molecule has 0 saturated heterocycles. The first-order chi connectivity index (χ1) is 5.59. The van der Waals surface area contributed by atoms with Crippen molar-refractivity contribution in [2.75, 3.05) is 5.32 Å². The predicted molar refractivity (Wildman–Crippen MR) is 52.7 cm³/mol. The van der Waals surface area contributed by atoms with Crippen molar-refractivity contribution in [1.82, 2.24) is 4.98 Å². The van der Waals surface area contributed by atoms with Crippen molar-refractivity contribution >= 4 is 17.3 Å². The van der Waals surface area contributed by atoms with Gasteiger partial charge in [0.05, 0.1) is 11.9 Å².